The van der Waals surface area contributed by atoms with Gasteiger partial charge < -0.3 is 14.6 Å². The molecule has 1 N–H and O–H groups in total. The number of pyridine rings is 1. The number of aromatic amines is 1. The summed E-state index contributed by atoms with van der Waals surface area (Å²) in [5, 5.41) is 0.507. The quantitative estimate of drug-likeness (QED) is 0.569. The lowest BCUT2D eigenvalue weighted by atomic mass is 10.1. The van der Waals surface area contributed by atoms with E-state index < -0.39 is 39.9 Å². The first kappa shape index (κ1) is 21.8. The summed E-state index contributed by atoms with van der Waals surface area (Å²) in [6, 6.07) is 16.7. The summed E-state index contributed by atoms with van der Waals surface area (Å²) in [6.45, 7) is -0.339. The molecule has 0 saturated carbocycles. The van der Waals surface area contributed by atoms with Gasteiger partial charge in [0.25, 0.3) is 5.91 Å². The Bertz CT molecular complexity index is 1320. The first-order chi connectivity index (χ1) is 15.3. The highest BCUT2D eigenvalue weighted by Crippen LogP contribution is 2.21. The van der Waals surface area contributed by atoms with Crippen LogP contribution in [-0.4, -0.2) is 54.3 Å². The van der Waals surface area contributed by atoms with Crippen LogP contribution >= 0.6 is 0 Å². The number of benzene rings is 2. The van der Waals surface area contributed by atoms with Gasteiger partial charge in [-0.25, -0.2) is 13.2 Å². The number of nitrogens with one attached hydrogen (secondary N) is 1. The molecule has 2 heterocycles. The molecule has 8 nitrogen and oxygen atoms in total. The molecule has 0 bridgehead atoms. The number of rotatable bonds is 6. The summed E-state index contributed by atoms with van der Waals surface area (Å²) < 4.78 is 29.2. The van der Waals surface area contributed by atoms with Crippen molar-refractivity contribution in [2.75, 3.05) is 18.1 Å². The average molecular weight is 455 g/mol. The van der Waals surface area contributed by atoms with E-state index in [4.69, 9.17) is 4.74 Å². The van der Waals surface area contributed by atoms with Gasteiger partial charge in [0.05, 0.1) is 17.1 Å². The van der Waals surface area contributed by atoms with Crippen LogP contribution in [0.2, 0.25) is 0 Å². The molecule has 1 saturated heterocycles. The molecule has 3 aromatic rings. The Hall–Kier alpha value is -3.46. The van der Waals surface area contributed by atoms with E-state index in [-0.39, 0.29) is 23.6 Å². The molecular weight excluding hydrogens is 432 g/mol. The van der Waals surface area contributed by atoms with Crippen molar-refractivity contribution >= 4 is 32.6 Å². The number of amides is 1. The number of sulfone groups is 1. The monoisotopic (exact) mass is 454 g/mol. The SMILES string of the molecule is O=C(OCC(=O)N(Cc1ccccc1)[C@H]1CCS(=O)(=O)C1)c1cc(=O)[nH]c2ccccc12. The van der Waals surface area contributed by atoms with Gasteiger partial charge >= 0.3 is 5.97 Å². The number of fused-ring (bicyclic) bond motifs is 1. The minimum Gasteiger partial charge on any atom is -0.452 e. The summed E-state index contributed by atoms with van der Waals surface area (Å²) >= 11 is 0. The van der Waals surface area contributed by atoms with E-state index in [0.717, 1.165) is 11.6 Å². The highest BCUT2D eigenvalue weighted by Gasteiger charge is 2.35. The van der Waals surface area contributed by atoms with Gasteiger partial charge in [0, 0.05) is 29.6 Å². The summed E-state index contributed by atoms with van der Waals surface area (Å²) in [5.41, 5.74) is 0.941. The van der Waals surface area contributed by atoms with Crippen LogP contribution in [0.3, 0.4) is 0 Å². The van der Waals surface area contributed by atoms with Crippen molar-refractivity contribution in [2.45, 2.75) is 19.0 Å². The number of hydrogen-bond donors (Lipinski definition) is 1. The highest BCUT2D eigenvalue weighted by molar-refractivity contribution is 7.91. The number of ether oxygens (including phenoxy) is 1. The Morgan fingerprint density at radius 2 is 1.78 bits per heavy atom. The second kappa shape index (κ2) is 8.96. The molecule has 1 aliphatic rings. The number of carbonyl (C=O) groups excluding carboxylic acids is 2. The molecule has 1 aromatic heterocycles. The number of H-pyrrole nitrogens is 1. The average Bonchev–Trinajstić information content (AvgIpc) is 3.15. The van der Waals surface area contributed by atoms with Crippen molar-refractivity contribution in [1.82, 2.24) is 9.88 Å². The van der Waals surface area contributed by atoms with Crippen LogP contribution in [0.1, 0.15) is 22.3 Å². The number of aromatic nitrogens is 1. The van der Waals surface area contributed by atoms with Gasteiger partial charge in [0.15, 0.2) is 16.4 Å². The van der Waals surface area contributed by atoms with Gasteiger partial charge in [0.1, 0.15) is 0 Å². The summed E-state index contributed by atoms with van der Waals surface area (Å²) in [7, 11) is -3.21. The second-order valence-electron chi connectivity index (χ2n) is 7.73. The van der Waals surface area contributed by atoms with Gasteiger partial charge in [-0.15, -0.1) is 0 Å². The fraction of sp³-hybridized carbons (Fsp3) is 0.261. The third-order valence-electron chi connectivity index (χ3n) is 5.46. The minimum absolute atomic E-state index is 0.0226. The van der Waals surface area contributed by atoms with E-state index in [2.05, 4.69) is 4.98 Å². The molecule has 9 heteroatoms. The molecule has 2 aromatic carbocycles. The lowest BCUT2D eigenvalue weighted by Gasteiger charge is -2.28. The Labute approximate surface area is 184 Å². The predicted molar refractivity (Wildman–Crippen MR) is 119 cm³/mol. The van der Waals surface area contributed by atoms with Crippen molar-refractivity contribution < 1.29 is 22.7 Å². The normalized spacial score (nSPS) is 17.2. The van der Waals surface area contributed by atoms with Crippen LogP contribution in [0.15, 0.2) is 65.5 Å². The molecule has 4 rings (SSSR count). The number of para-hydroxylation sites is 1. The van der Waals surface area contributed by atoms with E-state index >= 15 is 0 Å². The largest absolute Gasteiger partial charge is 0.452 e. The van der Waals surface area contributed by atoms with Gasteiger partial charge in [0.2, 0.25) is 5.56 Å². The lowest BCUT2D eigenvalue weighted by Crippen LogP contribution is -2.42. The zero-order chi connectivity index (χ0) is 22.7. The van der Waals surface area contributed by atoms with Crippen LogP contribution in [0.4, 0.5) is 0 Å². The van der Waals surface area contributed by atoms with Crippen molar-refractivity contribution in [3.8, 4) is 0 Å². The predicted octanol–water partition coefficient (Wildman–Crippen LogP) is 1.90. The van der Waals surface area contributed by atoms with E-state index in [1.807, 2.05) is 30.3 Å². The Kier molecular flexibility index (Phi) is 6.09. The van der Waals surface area contributed by atoms with Crippen LogP contribution < -0.4 is 5.56 Å². The van der Waals surface area contributed by atoms with Crippen LogP contribution in [0, 0.1) is 0 Å². The molecule has 0 unspecified atom stereocenters. The first-order valence-electron chi connectivity index (χ1n) is 10.2. The molecule has 1 amide bonds. The smallest absolute Gasteiger partial charge is 0.339 e. The van der Waals surface area contributed by atoms with E-state index in [1.54, 1.807) is 24.3 Å². The van der Waals surface area contributed by atoms with Crippen LogP contribution in [0.25, 0.3) is 10.9 Å². The molecule has 1 atom stereocenters. The fourth-order valence-electron chi connectivity index (χ4n) is 3.88. The van der Waals surface area contributed by atoms with Crippen molar-refractivity contribution in [1.29, 1.82) is 0 Å². The minimum atomic E-state index is -3.21. The van der Waals surface area contributed by atoms with Crippen molar-refractivity contribution in [2.24, 2.45) is 0 Å². The molecule has 0 spiro atoms. The molecule has 0 aliphatic carbocycles. The van der Waals surface area contributed by atoms with Gasteiger partial charge in [-0.1, -0.05) is 48.5 Å². The van der Waals surface area contributed by atoms with Crippen molar-refractivity contribution in [3.05, 3.63) is 82.1 Å². The molecule has 1 aliphatic heterocycles. The summed E-state index contributed by atoms with van der Waals surface area (Å²) in [4.78, 5) is 41.7. The molecule has 32 heavy (non-hydrogen) atoms. The number of esters is 1. The van der Waals surface area contributed by atoms with Crippen LogP contribution in [-0.2, 0) is 25.9 Å². The summed E-state index contributed by atoms with van der Waals surface area (Å²) in [6.07, 6.45) is 0.341. The third-order valence-corrected chi connectivity index (χ3v) is 7.21. The lowest BCUT2D eigenvalue weighted by molar-refractivity contribution is -0.137. The maximum Gasteiger partial charge on any atom is 0.339 e. The Balaban J connectivity index is 1.52. The van der Waals surface area contributed by atoms with Gasteiger partial charge in [-0.3, -0.25) is 9.59 Å². The topological polar surface area (TPSA) is 114 Å². The van der Waals surface area contributed by atoms with E-state index in [1.165, 1.54) is 4.90 Å². The Morgan fingerprint density at radius 3 is 2.50 bits per heavy atom. The molecule has 166 valence electrons. The zero-order valence-corrected chi connectivity index (χ0v) is 18.0. The van der Waals surface area contributed by atoms with Gasteiger partial charge in [-0.05, 0) is 18.1 Å². The third kappa shape index (κ3) is 4.88. The zero-order valence-electron chi connectivity index (χ0n) is 17.2. The number of carbonyl (C=O) groups is 2. The molecular formula is C23H22N2O6S. The standard InChI is InChI=1S/C23H22N2O6S/c26-21-12-19(18-8-4-5-9-20(18)24-21)23(28)31-14-22(27)25(13-16-6-2-1-3-7-16)17-10-11-32(29,30)15-17/h1-9,12,17H,10-11,13-15H2,(H,24,26)/t17-/m0/s1. The second-order valence-corrected chi connectivity index (χ2v) is 9.96. The fourth-order valence-corrected chi connectivity index (χ4v) is 5.61. The van der Waals surface area contributed by atoms with E-state index in [0.29, 0.717) is 17.3 Å². The molecule has 1 fully saturated rings. The Morgan fingerprint density at radius 1 is 1.06 bits per heavy atom. The maximum atomic E-state index is 13.0. The van der Waals surface area contributed by atoms with Crippen molar-refractivity contribution in [3.63, 3.8) is 0 Å². The molecule has 0 radical (unpaired) electrons. The van der Waals surface area contributed by atoms with Crippen LogP contribution in [0.5, 0.6) is 0 Å². The summed E-state index contributed by atoms with van der Waals surface area (Å²) in [5.74, 6) is -1.37. The highest BCUT2D eigenvalue weighted by atomic mass is 32.2. The first-order valence-corrected chi connectivity index (χ1v) is 12.0. The van der Waals surface area contributed by atoms with Gasteiger partial charge in [-0.2, -0.15) is 0 Å². The maximum absolute atomic E-state index is 13.0. The number of hydrogen-bond acceptors (Lipinski definition) is 6. The van der Waals surface area contributed by atoms with E-state index in [9.17, 15) is 22.8 Å². The number of nitrogens with zero attached hydrogens (tertiary/aromatic N) is 1.